The van der Waals surface area contributed by atoms with Crippen LogP contribution >= 0.6 is 0 Å². The van der Waals surface area contributed by atoms with Crippen molar-refractivity contribution in [2.45, 2.75) is 25.5 Å². The van der Waals surface area contributed by atoms with E-state index in [1.54, 1.807) is 12.1 Å². The van der Waals surface area contributed by atoms with E-state index in [2.05, 4.69) is 40.1 Å². The highest BCUT2D eigenvalue weighted by Gasteiger charge is 2.32. The Hall–Kier alpha value is -1.91. The zero-order valence-corrected chi connectivity index (χ0v) is 15.2. The van der Waals surface area contributed by atoms with E-state index in [1.165, 1.54) is 37.6 Å². The summed E-state index contributed by atoms with van der Waals surface area (Å²) in [5.41, 5.74) is 1.40. The minimum absolute atomic E-state index is 0.121. The van der Waals surface area contributed by atoms with Gasteiger partial charge in [0.25, 0.3) is 0 Å². The fourth-order valence-electron chi connectivity index (χ4n) is 4.12. The molecule has 2 aromatic rings. The molecule has 0 spiro atoms. The topological polar surface area (TPSA) is 15.7 Å². The van der Waals surface area contributed by atoms with Gasteiger partial charge in [-0.15, -0.1) is 0 Å². The molecule has 0 saturated carbocycles. The summed E-state index contributed by atoms with van der Waals surface area (Å²) >= 11 is 0. The number of halogens is 1. The van der Waals surface area contributed by atoms with Crippen LogP contribution in [0.25, 0.3) is 0 Å². The molecule has 2 heterocycles. The molecule has 0 unspecified atom stereocenters. The van der Waals surface area contributed by atoms with Crippen LogP contribution in [0.5, 0.6) is 5.75 Å². The first-order valence-electron chi connectivity index (χ1n) is 9.66. The zero-order chi connectivity index (χ0) is 17.8. The molecule has 2 aliphatic heterocycles. The molecule has 3 nitrogen and oxygen atoms in total. The molecule has 138 valence electrons. The van der Waals surface area contributed by atoms with Crippen molar-refractivity contribution in [2.75, 3.05) is 32.7 Å². The number of nitrogens with zero attached hydrogens (tertiary/aromatic N) is 2. The van der Waals surface area contributed by atoms with Crippen LogP contribution in [0.15, 0.2) is 54.6 Å². The maximum Gasteiger partial charge on any atom is 0.165 e. The first kappa shape index (κ1) is 17.5. The van der Waals surface area contributed by atoms with Crippen LogP contribution in [0.2, 0.25) is 0 Å². The van der Waals surface area contributed by atoms with Crippen LogP contribution in [0.4, 0.5) is 4.39 Å². The van der Waals surface area contributed by atoms with Gasteiger partial charge >= 0.3 is 0 Å². The smallest absolute Gasteiger partial charge is 0.165 e. The van der Waals surface area contributed by atoms with E-state index in [-0.39, 0.29) is 11.9 Å². The van der Waals surface area contributed by atoms with Gasteiger partial charge in [0.2, 0.25) is 0 Å². The standard InChI is InChI=1S/C22H27FN2O/c23-21-10-4-5-11-22(21)26-20-16-25(17-20)15-19-9-6-12-24(14-19)13-18-7-2-1-3-8-18/h1-5,7-8,10-11,19-20H,6,9,12-17H2/t19-/m0/s1. The predicted octanol–water partition coefficient (Wildman–Crippen LogP) is 3.80. The second-order valence-corrected chi connectivity index (χ2v) is 7.62. The van der Waals surface area contributed by atoms with E-state index < -0.39 is 0 Å². The highest BCUT2D eigenvalue weighted by molar-refractivity contribution is 5.24. The molecular formula is C22H27FN2O. The van der Waals surface area contributed by atoms with Gasteiger partial charge in [0.15, 0.2) is 11.6 Å². The fourth-order valence-corrected chi connectivity index (χ4v) is 4.12. The molecule has 1 atom stereocenters. The van der Waals surface area contributed by atoms with Crippen molar-refractivity contribution >= 4 is 0 Å². The second-order valence-electron chi connectivity index (χ2n) is 7.62. The summed E-state index contributed by atoms with van der Waals surface area (Å²) in [7, 11) is 0. The fraction of sp³-hybridized carbons (Fsp3) is 0.455. The number of hydrogen-bond donors (Lipinski definition) is 0. The first-order chi connectivity index (χ1) is 12.8. The largest absolute Gasteiger partial charge is 0.485 e. The van der Waals surface area contributed by atoms with Crippen LogP contribution in [0.1, 0.15) is 18.4 Å². The van der Waals surface area contributed by atoms with Crippen LogP contribution < -0.4 is 4.74 Å². The zero-order valence-electron chi connectivity index (χ0n) is 15.2. The molecule has 2 saturated heterocycles. The van der Waals surface area contributed by atoms with Gasteiger partial charge in [-0.25, -0.2) is 4.39 Å². The van der Waals surface area contributed by atoms with E-state index in [4.69, 9.17) is 4.74 Å². The molecule has 0 N–H and O–H groups in total. The Morgan fingerprint density at radius 3 is 2.50 bits per heavy atom. The van der Waals surface area contributed by atoms with Gasteiger partial charge in [0.1, 0.15) is 6.10 Å². The predicted molar refractivity (Wildman–Crippen MR) is 102 cm³/mol. The normalized spacial score (nSPS) is 22.1. The Morgan fingerprint density at radius 2 is 1.69 bits per heavy atom. The summed E-state index contributed by atoms with van der Waals surface area (Å²) in [6, 6.07) is 17.4. The van der Waals surface area contributed by atoms with Gasteiger partial charge in [-0.1, -0.05) is 42.5 Å². The Bertz CT molecular complexity index is 702. The summed E-state index contributed by atoms with van der Waals surface area (Å²) in [5.74, 6) is 0.834. The molecule has 2 fully saturated rings. The third kappa shape index (κ3) is 4.43. The third-order valence-electron chi connectivity index (χ3n) is 5.42. The maximum atomic E-state index is 13.7. The molecule has 2 aromatic carbocycles. The second kappa shape index (κ2) is 8.19. The molecular weight excluding hydrogens is 327 g/mol. The lowest BCUT2D eigenvalue weighted by molar-refractivity contribution is -0.000883. The molecule has 0 amide bonds. The van der Waals surface area contributed by atoms with Crippen molar-refractivity contribution in [3.8, 4) is 5.75 Å². The van der Waals surface area contributed by atoms with Crippen molar-refractivity contribution in [3.63, 3.8) is 0 Å². The van der Waals surface area contributed by atoms with E-state index in [9.17, 15) is 4.39 Å². The quantitative estimate of drug-likeness (QED) is 0.785. The number of benzene rings is 2. The van der Waals surface area contributed by atoms with Gasteiger partial charge in [-0.05, 0) is 43.0 Å². The van der Waals surface area contributed by atoms with Gasteiger partial charge in [-0.2, -0.15) is 0 Å². The number of para-hydroxylation sites is 1. The van der Waals surface area contributed by atoms with Crippen molar-refractivity contribution in [1.29, 1.82) is 0 Å². The monoisotopic (exact) mass is 354 g/mol. The average Bonchev–Trinajstić information content (AvgIpc) is 2.63. The molecule has 0 bridgehead atoms. The maximum absolute atomic E-state index is 13.7. The van der Waals surface area contributed by atoms with Crippen molar-refractivity contribution in [2.24, 2.45) is 5.92 Å². The van der Waals surface area contributed by atoms with E-state index >= 15 is 0 Å². The third-order valence-corrected chi connectivity index (χ3v) is 5.42. The molecule has 0 radical (unpaired) electrons. The minimum atomic E-state index is -0.269. The Balaban J connectivity index is 1.21. The Labute approximate surface area is 155 Å². The minimum Gasteiger partial charge on any atom is -0.485 e. The molecule has 4 rings (SSSR count). The van der Waals surface area contributed by atoms with Crippen LogP contribution in [-0.2, 0) is 6.54 Å². The highest BCUT2D eigenvalue weighted by Crippen LogP contribution is 2.24. The van der Waals surface area contributed by atoms with Gasteiger partial charge in [0, 0.05) is 32.7 Å². The Kier molecular flexibility index (Phi) is 5.51. The number of piperidine rings is 1. The summed E-state index contributed by atoms with van der Waals surface area (Å²) in [6.07, 6.45) is 2.71. The van der Waals surface area contributed by atoms with E-state index in [0.29, 0.717) is 5.75 Å². The van der Waals surface area contributed by atoms with Crippen molar-refractivity contribution < 1.29 is 9.13 Å². The number of likely N-dealkylation sites (tertiary alicyclic amines) is 2. The van der Waals surface area contributed by atoms with E-state index in [0.717, 1.165) is 32.1 Å². The van der Waals surface area contributed by atoms with Gasteiger partial charge < -0.3 is 4.74 Å². The lowest BCUT2D eigenvalue weighted by Gasteiger charge is -2.42. The first-order valence-corrected chi connectivity index (χ1v) is 9.66. The summed E-state index contributed by atoms with van der Waals surface area (Å²) in [6.45, 7) is 6.36. The molecule has 4 heteroatoms. The molecule has 0 aliphatic carbocycles. The SMILES string of the molecule is Fc1ccccc1OC1CN(C[C@H]2CCCN(Cc3ccccc3)C2)C1. The number of ether oxygens (including phenoxy) is 1. The van der Waals surface area contributed by atoms with Gasteiger partial charge in [0.05, 0.1) is 0 Å². The number of hydrogen-bond acceptors (Lipinski definition) is 3. The summed E-state index contributed by atoms with van der Waals surface area (Å²) < 4.78 is 19.4. The van der Waals surface area contributed by atoms with Crippen LogP contribution in [0, 0.1) is 11.7 Å². The lowest BCUT2D eigenvalue weighted by Crippen LogP contribution is -2.56. The molecule has 26 heavy (non-hydrogen) atoms. The lowest BCUT2D eigenvalue weighted by atomic mass is 9.95. The van der Waals surface area contributed by atoms with Crippen LogP contribution in [0.3, 0.4) is 0 Å². The van der Waals surface area contributed by atoms with Crippen molar-refractivity contribution in [3.05, 3.63) is 66.0 Å². The summed E-state index contributed by atoms with van der Waals surface area (Å²) in [4.78, 5) is 5.03. The summed E-state index contributed by atoms with van der Waals surface area (Å²) in [5, 5.41) is 0. The van der Waals surface area contributed by atoms with Crippen LogP contribution in [-0.4, -0.2) is 48.6 Å². The molecule has 2 aliphatic rings. The van der Waals surface area contributed by atoms with Crippen molar-refractivity contribution in [1.82, 2.24) is 9.80 Å². The van der Waals surface area contributed by atoms with E-state index in [1.807, 2.05) is 6.07 Å². The average molecular weight is 354 g/mol. The number of rotatable bonds is 6. The molecule has 0 aromatic heterocycles. The highest BCUT2D eigenvalue weighted by atomic mass is 19.1. The van der Waals surface area contributed by atoms with Gasteiger partial charge in [-0.3, -0.25) is 9.80 Å². The Morgan fingerprint density at radius 1 is 0.923 bits per heavy atom.